The van der Waals surface area contributed by atoms with Crippen LogP contribution in [-0.2, 0) is 14.8 Å². The number of anilines is 1. The van der Waals surface area contributed by atoms with Gasteiger partial charge < -0.3 is 14.5 Å². The van der Waals surface area contributed by atoms with E-state index in [1.807, 2.05) is 20.8 Å². The predicted molar refractivity (Wildman–Crippen MR) is 131 cm³/mol. The third-order valence-electron chi connectivity index (χ3n) is 5.58. The van der Waals surface area contributed by atoms with Crippen LogP contribution in [-0.4, -0.2) is 62.5 Å². The number of carbonyl (C=O) groups excluding carboxylic acids is 2. The number of para-hydroxylation sites is 1. The molecule has 8 nitrogen and oxygen atoms in total. The van der Waals surface area contributed by atoms with Crippen molar-refractivity contribution in [2.75, 3.05) is 31.4 Å². The molecule has 0 spiro atoms. The van der Waals surface area contributed by atoms with E-state index in [4.69, 9.17) is 4.74 Å². The van der Waals surface area contributed by atoms with Gasteiger partial charge in [0.05, 0.1) is 4.90 Å². The molecule has 1 fully saturated rings. The molecule has 184 valence electrons. The predicted octanol–water partition coefficient (Wildman–Crippen LogP) is 4.21. The quantitative estimate of drug-likeness (QED) is 0.659. The lowest BCUT2D eigenvalue weighted by molar-refractivity contribution is 0.0171. The summed E-state index contributed by atoms with van der Waals surface area (Å²) < 4.78 is 33.1. The maximum Gasteiger partial charge on any atom is 0.410 e. The summed E-state index contributed by atoms with van der Waals surface area (Å²) in [6.45, 7) is 7.31. The van der Waals surface area contributed by atoms with Gasteiger partial charge in [-0.25, -0.2) is 13.2 Å². The zero-order valence-corrected chi connectivity index (χ0v) is 21.0. The highest BCUT2D eigenvalue weighted by Crippen LogP contribution is 2.22. The lowest BCUT2D eigenvalue weighted by atomic mass is 9.96. The first kappa shape index (κ1) is 25.6. The minimum absolute atomic E-state index is 0.0880. The van der Waals surface area contributed by atoms with Crippen LogP contribution in [0.2, 0.25) is 0 Å². The summed E-state index contributed by atoms with van der Waals surface area (Å²) in [7, 11) is -2.00. The number of piperidine rings is 1. The van der Waals surface area contributed by atoms with Gasteiger partial charge in [0.2, 0.25) is 0 Å². The summed E-state index contributed by atoms with van der Waals surface area (Å²) in [5, 5.41) is 0. The van der Waals surface area contributed by atoms with Crippen LogP contribution in [0.4, 0.5) is 10.5 Å². The van der Waals surface area contributed by atoms with E-state index in [0.717, 1.165) is 12.8 Å². The van der Waals surface area contributed by atoms with E-state index < -0.39 is 15.6 Å². The van der Waals surface area contributed by atoms with Gasteiger partial charge in [0.25, 0.3) is 15.9 Å². The second-order valence-electron chi connectivity index (χ2n) is 9.59. The van der Waals surface area contributed by atoms with E-state index in [-0.39, 0.29) is 22.8 Å². The molecule has 1 aliphatic heterocycles. The van der Waals surface area contributed by atoms with Gasteiger partial charge in [0, 0.05) is 37.9 Å². The molecule has 0 saturated carbocycles. The van der Waals surface area contributed by atoms with Crippen molar-refractivity contribution in [2.24, 2.45) is 5.92 Å². The number of carbonyl (C=O) groups is 2. The SMILES string of the molecule is CN(CC1CCN(C(=O)OC(C)(C)C)CC1)C(=O)c1ccc(S(=O)(=O)Nc2ccccc2)cc1. The molecule has 0 radical (unpaired) electrons. The number of ether oxygens (including phenoxy) is 1. The minimum Gasteiger partial charge on any atom is -0.444 e. The third-order valence-corrected chi connectivity index (χ3v) is 6.98. The third kappa shape index (κ3) is 6.96. The molecule has 1 heterocycles. The zero-order chi connectivity index (χ0) is 24.9. The molecular weight excluding hydrogens is 454 g/mol. The van der Waals surface area contributed by atoms with Gasteiger partial charge in [-0.2, -0.15) is 0 Å². The van der Waals surface area contributed by atoms with E-state index in [1.165, 1.54) is 24.3 Å². The van der Waals surface area contributed by atoms with E-state index in [0.29, 0.717) is 30.9 Å². The van der Waals surface area contributed by atoms with Crippen molar-refractivity contribution in [2.45, 2.75) is 44.1 Å². The Morgan fingerprint density at radius 3 is 2.18 bits per heavy atom. The summed E-state index contributed by atoms with van der Waals surface area (Å²) in [6.07, 6.45) is 1.28. The molecule has 0 atom stereocenters. The second-order valence-corrected chi connectivity index (χ2v) is 11.3. The zero-order valence-electron chi connectivity index (χ0n) is 20.2. The van der Waals surface area contributed by atoms with Crippen molar-refractivity contribution in [3.05, 3.63) is 60.2 Å². The molecule has 2 aromatic carbocycles. The van der Waals surface area contributed by atoms with Crippen LogP contribution in [0.1, 0.15) is 44.0 Å². The number of nitrogens with zero attached hydrogens (tertiary/aromatic N) is 2. The fraction of sp³-hybridized carbons (Fsp3) is 0.440. The molecule has 3 rings (SSSR count). The molecule has 1 saturated heterocycles. The van der Waals surface area contributed by atoms with Crippen LogP contribution in [0, 0.1) is 5.92 Å². The summed E-state index contributed by atoms with van der Waals surface area (Å²) in [5.41, 5.74) is 0.375. The molecule has 2 aromatic rings. The minimum atomic E-state index is -3.74. The van der Waals surface area contributed by atoms with Gasteiger partial charge in [-0.1, -0.05) is 18.2 Å². The van der Waals surface area contributed by atoms with Crippen LogP contribution < -0.4 is 4.72 Å². The second kappa shape index (κ2) is 10.5. The van der Waals surface area contributed by atoms with Gasteiger partial charge in [-0.05, 0) is 75.9 Å². The number of rotatable bonds is 6. The number of benzene rings is 2. The number of hydrogen-bond donors (Lipinski definition) is 1. The first-order valence-electron chi connectivity index (χ1n) is 11.4. The Bertz CT molecular complexity index is 1090. The average Bonchev–Trinajstić information content (AvgIpc) is 2.78. The first-order valence-corrected chi connectivity index (χ1v) is 12.8. The summed E-state index contributed by atoms with van der Waals surface area (Å²) >= 11 is 0. The molecule has 0 unspecified atom stereocenters. The van der Waals surface area contributed by atoms with Crippen molar-refractivity contribution in [3.63, 3.8) is 0 Å². The van der Waals surface area contributed by atoms with Crippen LogP contribution in [0.25, 0.3) is 0 Å². The molecular formula is C25H33N3O5S. The van der Waals surface area contributed by atoms with Crippen LogP contribution >= 0.6 is 0 Å². The Morgan fingerprint density at radius 2 is 1.62 bits per heavy atom. The van der Waals surface area contributed by atoms with Crippen molar-refractivity contribution in [1.29, 1.82) is 0 Å². The van der Waals surface area contributed by atoms with E-state index in [2.05, 4.69) is 4.72 Å². The van der Waals surface area contributed by atoms with Crippen LogP contribution in [0.5, 0.6) is 0 Å². The Labute approximate surface area is 201 Å². The highest BCUT2D eigenvalue weighted by Gasteiger charge is 2.28. The smallest absolute Gasteiger partial charge is 0.410 e. The van der Waals surface area contributed by atoms with Gasteiger partial charge in [0.1, 0.15) is 5.60 Å². The summed E-state index contributed by atoms with van der Waals surface area (Å²) in [5.74, 6) is 0.108. The van der Waals surface area contributed by atoms with Crippen molar-refractivity contribution in [1.82, 2.24) is 9.80 Å². The topological polar surface area (TPSA) is 96.0 Å². The molecule has 1 N–H and O–H groups in total. The Kier molecular flexibility index (Phi) is 7.86. The van der Waals surface area contributed by atoms with Crippen LogP contribution in [0.3, 0.4) is 0 Å². The maximum absolute atomic E-state index is 12.9. The summed E-state index contributed by atoms with van der Waals surface area (Å²) in [4.78, 5) is 28.6. The van der Waals surface area contributed by atoms with E-state index >= 15 is 0 Å². The monoisotopic (exact) mass is 487 g/mol. The first-order chi connectivity index (χ1) is 15.9. The van der Waals surface area contributed by atoms with Crippen molar-refractivity contribution in [3.8, 4) is 0 Å². The molecule has 34 heavy (non-hydrogen) atoms. The number of nitrogens with one attached hydrogen (secondary N) is 1. The largest absolute Gasteiger partial charge is 0.444 e. The lowest BCUT2D eigenvalue weighted by Gasteiger charge is -2.34. The Balaban J connectivity index is 1.53. The van der Waals surface area contributed by atoms with Gasteiger partial charge in [-0.3, -0.25) is 9.52 Å². The Morgan fingerprint density at radius 1 is 1.03 bits per heavy atom. The van der Waals surface area contributed by atoms with Crippen molar-refractivity contribution < 1.29 is 22.7 Å². The average molecular weight is 488 g/mol. The number of amides is 2. The molecule has 9 heteroatoms. The fourth-order valence-corrected chi connectivity index (χ4v) is 4.87. The fourth-order valence-electron chi connectivity index (χ4n) is 3.81. The van der Waals surface area contributed by atoms with E-state index in [1.54, 1.807) is 47.2 Å². The number of likely N-dealkylation sites (tertiary alicyclic amines) is 1. The highest BCUT2D eigenvalue weighted by atomic mass is 32.2. The molecule has 0 aromatic heterocycles. The van der Waals surface area contributed by atoms with Crippen molar-refractivity contribution >= 4 is 27.7 Å². The van der Waals surface area contributed by atoms with Crippen LogP contribution in [0.15, 0.2) is 59.5 Å². The number of hydrogen-bond acceptors (Lipinski definition) is 5. The Hall–Kier alpha value is -3.07. The molecule has 2 amide bonds. The highest BCUT2D eigenvalue weighted by molar-refractivity contribution is 7.92. The number of sulfonamides is 1. The van der Waals surface area contributed by atoms with Gasteiger partial charge >= 0.3 is 6.09 Å². The maximum atomic E-state index is 12.9. The standard InChI is InChI=1S/C25H33N3O5S/c1-25(2,3)33-24(30)28-16-14-19(15-17-28)18-27(4)23(29)20-10-12-22(13-11-20)34(31,32)26-21-8-6-5-7-9-21/h5-13,19,26H,14-18H2,1-4H3. The normalized spacial score (nSPS) is 15.0. The van der Waals surface area contributed by atoms with Gasteiger partial charge in [0.15, 0.2) is 0 Å². The van der Waals surface area contributed by atoms with Gasteiger partial charge in [-0.15, -0.1) is 0 Å². The molecule has 0 aliphatic carbocycles. The molecule has 0 bridgehead atoms. The van der Waals surface area contributed by atoms with E-state index in [9.17, 15) is 18.0 Å². The lowest BCUT2D eigenvalue weighted by Crippen LogP contribution is -2.44. The summed E-state index contributed by atoms with van der Waals surface area (Å²) in [6, 6.07) is 14.6. The molecule has 1 aliphatic rings.